The smallest absolute Gasteiger partial charge is 0.0635 e. The molecule has 114 valence electrons. The van der Waals surface area contributed by atoms with Gasteiger partial charge in [0.25, 0.3) is 0 Å². The van der Waals surface area contributed by atoms with Crippen LogP contribution in [-0.4, -0.2) is 6.54 Å². The minimum Gasteiger partial charge on any atom is -0.312 e. The van der Waals surface area contributed by atoms with Crippen LogP contribution in [0.1, 0.15) is 12.0 Å². The third kappa shape index (κ3) is 2.59. The molecule has 0 amide bonds. The summed E-state index contributed by atoms with van der Waals surface area (Å²) in [6.07, 6.45) is 0.547. The van der Waals surface area contributed by atoms with E-state index in [1.807, 2.05) is 0 Å². The molecule has 0 radical (unpaired) electrons. The number of nitrogens with one attached hydrogen (secondary N) is 1. The van der Waals surface area contributed by atoms with Crippen LogP contribution >= 0.6 is 12.4 Å². The van der Waals surface area contributed by atoms with Crippen molar-refractivity contribution in [2.24, 2.45) is 0 Å². The zero-order chi connectivity index (χ0) is 14.9. The van der Waals surface area contributed by atoms with Crippen molar-refractivity contribution in [3.63, 3.8) is 0 Å². The van der Waals surface area contributed by atoms with Gasteiger partial charge in [-0.25, -0.2) is 0 Å². The maximum Gasteiger partial charge on any atom is 0.0635 e. The summed E-state index contributed by atoms with van der Waals surface area (Å²) in [5.41, 5.74) is 1.30. The number of nitrogens with zero attached hydrogens (tertiary/aromatic N) is 1. The average Bonchev–Trinajstić information content (AvgIpc) is 2.57. The number of rotatable bonds is 4. The number of halogens is 1. The van der Waals surface area contributed by atoms with E-state index in [0.29, 0.717) is 6.42 Å². The predicted molar refractivity (Wildman–Crippen MR) is 99.3 cm³/mol. The molecule has 0 saturated carbocycles. The molecule has 0 aliphatic carbocycles. The molecule has 4 aromatic carbocycles. The fourth-order valence-electron chi connectivity index (χ4n) is 3.32. The monoisotopic (exact) mass is 320 g/mol. The van der Waals surface area contributed by atoms with Gasteiger partial charge in [0, 0.05) is 19.5 Å². The van der Waals surface area contributed by atoms with Gasteiger partial charge in [-0.15, -0.1) is 12.4 Å². The normalized spacial score (nSPS) is 10.9. The fourth-order valence-corrected chi connectivity index (χ4v) is 3.32. The van der Waals surface area contributed by atoms with E-state index in [9.17, 15) is 0 Å². The standard InChI is InChI=1S/C20H16N2.ClH/c21-11-2-12-22-13-17-8-7-16-6-5-14-3-1-4-15-9-10-18(17)20(16)19(14)15;/h1,3-10,22H,2,12-13H2;1H. The largest absolute Gasteiger partial charge is 0.312 e. The summed E-state index contributed by atoms with van der Waals surface area (Å²) in [6.45, 7) is 1.54. The Morgan fingerprint density at radius 3 is 2.22 bits per heavy atom. The zero-order valence-electron chi connectivity index (χ0n) is 12.7. The number of hydrogen-bond acceptors (Lipinski definition) is 2. The molecule has 4 rings (SSSR count). The van der Waals surface area contributed by atoms with Crippen LogP contribution in [0.25, 0.3) is 32.3 Å². The quantitative estimate of drug-likeness (QED) is 0.424. The zero-order valence-corrected chi connectivity index (χ0v) is 13.5. The SMILES string of the molecule is Cl.N#CCCNCc1ccc2ccc3cccc4ccc1c2c34. The van der Waals surface area contributed by atoms with Crippen molar-refractivity contribution in [3.05, 3.63) is 60.2 Å². The second kappa shape index (κ2) is 6.42. The van der Waals surface area contributed by atoms with E-state index in [4.69, 9.17) is 5.26 Å². The molecule has 1 N–H and O–H groups in total. The highest BCUT2D eigenvalue weighted by atomic mass is 35.5. The molecule has 0 spiro atoms. The van der Waals surface area contributed by atoms with E-state index in [1.165, 1.54) is 37.9 Å². The van der Waals surface area contributed by atoms with E-state index in [1.54, 1.807) is 0 Å². The van der Waals surface area contributed by atoms with E-state index in [-0.39, 0.29) is 12.4 Å². The third-order valence-corrected chi connectivity index (χ3v) is 4.35. The van der Waals surface area contributed by atoms with Crippen LogP contribution in [0.4, 0.5) is 0 Å². The Morgan fingerprint density at radius 1 is 0.826 bits per heavy atom. The van der Waals surface area contributed by atoms with Crippen molar-refractivity contribution >= 4 is 44.7 Å². The Hall–Kier alpha value is -2.34. The summed E-state index contributed by atoms with van der Waals surface area (Å²) in [6, 6.07) is 21.9. The van der Waals surface area contributed by atoms with Crippen molar-refractivity contribution < 1.29 is 0 Å². The Bertz CT molecular complexity index is 985. The first-order valence-corrected chi connectivity index (χ1v) is 7.61. The van der Waals surface area contributed by atoms with Crippen molar-refractivity contribution in [1.82, 2.24) is 5.32 Å². The molecule has 0 aliphatic rings. The molecule has 0 aromatic heterocycles. The van der Waals surface area contributed by atoms with Crippen LogP contribution in [-0.2, 0) is 6.54 Å². The second-order valence-electron chi connectivity index (χ2n) is 5.67. The number of hydrogen-bond donors (Lipinski definition) is 1. The minimum absolute atomic E-state index is 0. The molecule has 0 bridgehead atoms. The van der Waals surface area contributed by atoms with Gasteiger partial charge in [0.2, 0.25) is 0 Å². The fraction of sp³-hybridized carbons (Fsp3) is 0.150. The van der Waals surface area contributed by atoms with Crippen LogP contribution < -0.4 is 5.32 Å². The van der Waals surface area contributed by atoms with E-state index in [0.717, 1.165) is 13.1 Å². The van der Waals surface area contributed by atoms with Gasteiger partial charge in [-0.05, 0) is 37.9 Å². The predicted octanol–water partition coefficient (Wildman–Crippen LogP) is 5.01. The summed E-state index contributed by atoms with van der Waals surface area (Å²) >= 11 is 0. The Morgan fingerprint density at radius 2 is 1.48 bits per heavy atom. The van der Waals surface area contributed by atoms with Gasteiger partial charge in [-0.2, -0.15) is 5.26 Å². The van der Waals surface area contributed by atoms with Gasteiger partial charge in [0.05, 0.1) is 6.07 Å². The van der Waals surface area contributed by atoms with Crippen LogP contribution in [0.3, 0.4) is 0 Å². The Kier molecular flexibility index (Phi) is 4.34. The molecule has 2 nitrogen and oxygen atoms in total. The van der Waals surface area contributed by atoms with Crippen molar-refractivity contribution in [2.45, 2.75) is 13.0 Å². The highest BCUT2D eigenvalue weighted by molar-refractivity contribution is 6.23. The van der Waals surface area contributed by atoms with Gasteiger partial charge in [0.15, 0.2) is 0 Å². The van der Waals surface area contributed by atoms with E-state index in [2.05, 4.69) is 66.0 Å². The first-order chi connectivity index (χ1) is 10.9. The topological polar surface area (TPSA) is 35.8 Å². The van der Waals surface area contributed by atoms with Gasteiger partial charge in [-0.1, -0.05) is 54.6 Å². The summed E-state index contributed by atoms with van der Waals surface area (Å²) in [5, 5.41) is 19.9. The molecular formula is C20H17ClN2. The molecule has 0 unspecified atom stereocenters. The number of nitriles is 1. The van der Waals surface area contributed by atoms with Crippen molar-refractivity contribution in [1.29, 1.82) is 5.26 Å². The lowest BCUT2D eigenvalue weighted by molar-refractivity contribution is 0.702. The maximum atomic E-state index is 8.63. The van der Waals surface area contributed by atoms with Gasteiger partial charge < -0.3 is 5.32 Å². The highest BCUT2D eigenvalue weighted by Crippen LogP contribution is 2.35. The van der Waals surface area contributed by atoms with Crippen LogP contribution in [0.5, 0.6) is 0 Å². The molecule has 3 heteroatoms. The second-order valence-corrected chi connectivity index (χ2v) is 5.67. The van der Waals surface area contributed by atoms with Crippen molar-refractivity contribution in [3.8, 4) is 6.07 Å². The van der Waals surface area contributed by atoms with Crippen LogP contribution in [0, 0.1) is 11.3 Å². The summed E-state index contributed by atoms with van der Waals surface area (Å²) in [5.74, 6) is 0. The lowest BCUT2D eigenvalue weighted by Gasteiger charge is -2.14. The Balaban J connectivity index is 0.00000156. The molecule has 0 atom stereocenters. The lowest BCUT2D eigenvalue weighted by Crippen LogP contribution is -2.14. The Labute approximate surface area is 141 Å². The van der Waals surface area contributed by atoms with E-state index < -0.39 is 0 Å². The lowest BCUT2D eigenvalue weighted by atomic mass is 9.92. The summed E-state index contributed by atoms with van der Waals surface area (Å²) in [7, 11) is 0. The third-order valence-electron chi connectivity index (χ3n) is 4.35. The van der Waals surface area contributed by atoms with Gasteiger partial charge in [0.1, 0.15) is 0 Å². The van der Waals surface area contributed by atoms with Gasteiger partial charge >= 0.3 is 0 Å². The first kappa shape index (κ1) is 15.6. The molecule has 4 aromatic rings. The summed E-state index contributed by atoms with van der Waals surface area (Å²) in [4.78, 5) is 0. The van der Waals surface area contributed by atoms with Crippen LogP contribution in [0.15, 0.2) is 54.6 Å². The molecular weight excluding hydrogens is 304 g/mol. The average molecular weight is 321 g/mol. The summed E-state index contributed by atoms with van der Waals surface area (Å²) < 4.78 is 0. The molecule has 0 aliphatic heterocycles. The molecule has 0 saturated heterocycles. The molecule has 23 heavy (non-hydrogen) atoms. The first-order valence-electron chi connectivity index (χ1n) is 7.61. The van der Waals surface area contributed by atoms with Crippen molar-refractivity contribution in [2.75, 3.05) is 6.54 Å². The van der Waals surface area contributed by atoms with Crippen LogP contribution in [0.2, 0.25) is 0 Å². The van der Waals surface area contributed by atoms with Gasteiger partial charge in [-0.3, -0.25) is 0 Å². The molecule has 0 fully saturated rings. The number of benzene rings is 4. The maximum absolute atomic E-state index is 8.63. The minimum atomic E-state index is 0. The van der Waals surface area contributed by atoms with E-state index >= 15 is 0 Å². The highest BCUT2D eigenvalue weighted by Gasteiger charge is 2.10. The molecule has 0 heterocycles.